The van der Waals surface area contributed by atoms with Gasteiger partial charge in [-0.15, -0.1) is 0 Å². The maximum atomic E-state index is 13.4. The Hall–Kier alpha value is -1.81. The zero-order chi connectivity index (χ0) is 13.7. The van der Waals surface area contributed by atoms with Crippen LogP contribution < -0.4 is 10.1 Å². The first-order valence-corrected chi connectivity index (χ1v) is 6.27. The molecule has 1 N–H and O–H groups in total. The molecular weight excluding hydrogens is 267 g/mol. The number of hydrogen-bond donors (Lipinski definition) is 1. The summed E-state index contributed by atoms with van der Waals surface area (Å²) in [7, 11) is 0. The van der Waals surface area contributed by atoms with Gasteiger partial charge in [0.25, 0.3) is 0 Å². The first-order valence-electron chi connectivity index (χ1n) is 5.89. The zero-order valence-corrected chi connectivity index (χ0v) is 11.2. The summed E-state index contributed by atoms with van der Waals surface area (Å²) in [6.07, 6.45) is 1.40. The lowest BCUT2D eigenvalue weighted by Crippen LogP contribution is -2.13. The number of nitrogens with zero attached hydrogens (tertiary/aromatic N) is 1. The van der Waals surface area contributed by atoms with Gasteiger partial charge in [0.1, 0.15) is 12.4 Å². The van der Waals surface area contributed by atoms with Gasteiger partial charge in [-0.1, -0.05) is 23.7 Å². The average molecular weight is 281 g/mol. The monoisotopic (exact) mass is 280 g/mol. The molecule has 5 heteroatoms. The first kappa shape index (κ1) is 13.6. The summed E-state index contributed by atoms with van der Waals surface area (Å²) in [5.41, 5.74) is 1.14. The number of nitrogens with one attached hydrogen (secondary N) is 1. The minimum atomic E-state index is -0.469. The van der Waals surface area contributed by atoms with Gasteiger partial charge in [-0.05, 0) is 30.7 Å². The molecule has 0 aliphatic carbocycles. The zero-order valence-electron chi connectivity index (χ0n) is 10.5. The van der Waals surface area contributed by atoms with Crippen LogP contribution in [0, 0.1) is 12.7 Å². The number of halogens is 2. The van der Waals surface area contributed by atoms with Crippen LogP contribution in [0.5, 0.6) is 5.75 Å². The van der Waals surface area contributed by atoms with Crippen molar-refractivity contribution in [3.8, 4) is 5.75 Å². The highest BCUT2D eigenvalue weighted by Crippen LogP contribution is 2.15. The highest BCUT2D eigenvalue weighted by atomic mass is 35.5. The lowest BCUT2D eigenvalue weighted by Gasteiger charge is -2.09. The van der Waals surface area contributed by atoms with Crippen molar-refractivity contribution < 1.29 is 9.13 Å². The Labute approximate surface area is 116 Å². The van der Waals surface area contributed by atoms with Crippen molar-refractivity contribution in [3.05, 3.63) is 52.9 Å². The Morgan fingerprint density at radius 1 is 1.37 bits per heavy atom. The third-order valence-corrected chi connectivity index (χ3v) is 2.67. The smallest absolute Gasteiger partial charge is 0.166 e. The van der Waals surface area contributed by atoms with Crippen LogP contribution in [0.25, 0.3) is 0 Å². The van der Waals surface area contributed by atoms with Gasteiger partial charge in [-0.25, -0.2) is 9.37 Å². The summed E-state index contributed by atoms with van der Waals surface area (Å²) >= 11 is 5.62. The molecule has 1 heterocycles. The van der Waals surface area contributed by atoms with E-state index in [-0.39, 0.29) is 10.8 Å². The average Bonchev–Trinajstić information content (AvgIpc) is 2.37. The van der Waals surface area contributed by atoms with Gasteiger partial charge in [0.15, 0.2) is 11.6 Å². The van der Waals surface area contributed by atoms with E-state index >= 15 is 0 Å². The molecule has 0 saturated carbocycles. The molecule has 0 bridgehead atoms. The van der Waals surface area contributed by atoms with Gasteiger partial charge in [0, 0.05) is 6.20 Å². The fourth-order valence-corrected chi connectivity index (χ4v) is 1.73. The Morgan fingerprint density at radius 2 is 2.21 bits per heavy atom. The van der Waals surface area contributed by atoms with Crippen LogP contribution in [-0.2, 0) is 0 Å². The van der Waals surface area contributed by atoms with Gasteiger partial charge < -0.3 is 10.1 Å². The molecule has 0 saturated heterocycles. The molecule has 100 valence electrons. The minimum Gasteiger partial charge on any atom is -0.492 e. The van der Waals surface area contributed by atoms with Crippen molar-refractivity contribution in [1.29, 1.82) is 0 Å². The number of anilines is 1. The Bertz CT molecular complexity index is 563. The topological polar surface area (TPSA) is 34.1 Å². The molecule has 0 fully saturated rings. The molecule has 1 aromatic heterocycles. The van der Waals surface area contributed by atoms with Gasteiger partial charge in [0.2, 0.25) is 0 Å². The van der Waals surface area contributed by atoms with Crippen LogP contribution in [0.15, 0.2) is 36.5 Å². The summed E-state index contributed by atoms with van der Waals surface area (Å²) in [5, 5.41) is 3.13. The molecule has 0 aliphatic rings. The van der Waals surface area contributed by atoms with Crippen molar-refractivity contribution in [2.75, 3.05) is 18.5 Å². The molecule has 2 aromatic rings. The summed E-state index contributed by atoms with van der Waals surface area (Å²) in [6, 6.07) is 8.98. The van der Waals surface area contributed by atoms with Crippen molar-refractivity contribution in [2.24, 2.45) is 0 Å². The van der Waals surface area contributed by atoms with Crippen LogP contribution in [0.4, 0.5) is 10.2 Å². The molecule has 0 amide bonds. The fraction of sp³-hybridized carbons (Fsp3) is 0.214. The number of hydrogen-bond acceptors (Lipinski definition) is 3. The van der Waals surface area contributed by atoms with Crippen molar-refractivity contribution in [2.45, 2.75) is 6.92 Å². The molecule has 0 spiro atoms. The maximum absolute atomic E-state index is 13.4. The summed E-state index contributed by atoms with van der Waals surface area (Å²) in [5.74, 6) is 0.506. The second kappa shape index (κ2) is 6.38. The Kier molecular flexibility index (Phi) is 4.58. The summed E-state index contributed by atoms with van der Waals surface area (Å²) in [6.45, 7) is 2.88. The van der Waals surface area contributed by atoms with Crippen LogP contribution in [-0.4, -0.2) is 18.1 Å². The molecular formula is C14H14ClFN2O. The van der Waals surface area contributed by atoms with Gasteiger partial charge in [-0.3, -0.25) is 0 Å². The van der Waals surface area contributed by atoms with E-state index in [9.17, 15) is 4.39 Å². The van der Waals surface area contributed by atoms with E-state index in [2.05, 4.69) is 10.3 Å². The van der Waals surface area contributed by atoms with Crippen molar-refractivity contribution >= 4 is 17.4 Å². The molecule has 0 radical (unpaired) electrons. The Morgan fingerprint density at radius 3 is 2.95 bits per heavy atom. The van der Waals surface area contributed by atoms with Crippen LogP contribution >= 0.6 is 11.6 Å². The molecule has 3 nitrogen and oxygen atoms in total. The number of benzene rings is 1. The van der Waals surface area contributed by atoms with E-state index in [4.69, 9.17) is 16.3 Å². The Balaban J connectivity index is 1.81. The maximum Gasteiger partial charge on any atom is 0.166 e. The third-order valence-electron chi connectivity index (χ3n) is 2.46. The van der Waals surface area contributed by atoms with Crippen LogP contribution in [0.2, 0.25) is 5.02 Å². The number of aromatic nitrogens is 1. The number of aryl methyl sites for hydroxylation is 1. The fourth-order valence-electron chi connectivity index (χ4n) is 1.59. The van der Waals surface area contributed by atoms with Crippen molar-refractivity contribution in [3.63, 3.8) is 0 Å². The van der Waals surface area contributed by atoms with Gasteiger partial charge in [-0.2, -0.15) is 0 Å². The number of rotatable bonds is 5. The number of ether oxygens (including phenoxy) is 1. The molecule has 0 atom stereocenters. The highest BCUT2D eigenvalue weighted by molar-refractivity contribution is 6.30. The quantitative estimate of drug-likeness (QED) is 0.849. The molecule has 0 unspecified atom stereocenters. The van der Waals surface area contributed by atoms with E-state index in [0.717, 1.165) is 11.3 Å². The summed E-state index contributed by atoms with van der Waals surface area (Å²) in [4.78, 5) is 3.86. The molecule has 1 aromatic carbocycles. The highest BCUT2D eigenvalue weighted by Gasteiger charge is 2.03. The van der Waals surface area contributed by atoms with E-state index in [1.54, 1.807) is 0 Å². The second-order valence-electron chi connectivity index (χ2n) is 4.08. The second-order valence-corrected chi connectivity index (χ2v) is 4.51. The first-order chi connectivity index (χ1) is 9.15. The lowest BCUT2D eigenvalue weighted by molar-refractivity contribution is 0.332. The third kappa shape index (κ3) is 4.10. The predicted molar refractivity (Wildman–Crippen MR) is 74.4 cm³/mol. The van der Waals surface area contributed by atoms with Gasteiger partial charge >= 0.3 is 0 Å². The molecule has 0 aliphatic heterocycles. The van der Waals surface area contributed by atoms with E-state index in [1.165, 1.54) is 12.3 Å². The normalized spacial score (nSPS) is 10.3. The SMILES string of the molecule is Cc1cccc(OCCNc2ncc(Cl)cc2F)c1. The van der Waals surface area contributed by atoms with Crippen molar-refractivity contribution in [1.82, 2.24) is 4.98 Å². The molecule has 2 rings (SSSR count). The van der Waals surface area contributed by atoms with Crippen LogP contribution in [0.3, 0.4) is 0 Å². The van der Waals surface area contributed by atoms with E-state index < -0.39 is 5.82 Å². The number of pyridine rings is 1. The predicted octanol–water partition coefficient (Wildman–Crippen LogP) is 3.67. The lowest BCUT2D eigenvalue weighted by atomic mass is 10.2. The van der Waals surface area contributed by atoms with E-state index in [0.29, 0.717) is 13.2 Å². The van der Waals surface area contributed by atoms with E-state index in [1.807, 2.05) is 31.2 Å². The minimum absolute atomic E-state index is 0.178. The summed E-state index contributed by atoms with van der Waals surface area (Å²) < 4.78 is 18.9. The molecule has 19 heavy (non-hydrogen) atoms. The largest absolute Gasteiger partial charge is 0.492 e. The van der Waals surface area contributed by atoms with Gasteiger partial charge in [0.05, 0.1) is 11.6 Å². The van der Waals surface area contributed by atoms with Crippen LogP contribution in [0.1, 0.15) is 5.56 Å². The standard InChI is InChI=1S/C14H14ClFN2O/c1-10-3-2-4-12(7-10)19-6-5-17-14-13(16)8-11(15)9-18-14/h2-4,7-9H,5-6H2,1H3,(H,17,18).